The Morgan fingerprint density at radius 3 is 2.75 bits per heavy atom. The monoisotopic (exact) mass is 369 g/mol. The topological polar surface area (TPSA) is 46.1 Å². The summed E-state index contributed by atoms with van der Waals surface area (Å²) < 4.78 is 0. The molecule has 5 rings (SSSR count). The molecular formula is C24H23N3O. The molecule has 1 saturated carbocycles. The zero-order chi connectivity index (χ0) is 18.9. The van der Waals surface area contributed by atoms with Gasteiger partial charge in [0.2, 0.25) is 5.91 Å². The Morgan fingerprint density at radius 2 is 1.93 bits per heavy atom. The molecule has 1 fully saturated rings. The van der Waals surface area contributed by atoms with Crippen molar-refractivity contribution in [2.24, 2.45) is 5.92 Å². The van der Waals surface area contributed by atoms with Crippen molar-refractivity contribution in [1.82, 2.24) is 14.9 Å². The minimum atomic E-state index is -0.0507. The molecule has 4 nitrogen and oxygen atoms in total. The highest BCUT2D eigenvalue weighted by atomic mass is 16.2. The summed E-state index contributed by atoms with van der Waals surface area (Å²) in [4.78, 5) is 24.1. The van der Waals surface area contributed by atoms with E-state index in [9.17, 15) is 4.79 Å². The Kier molecular flexibility index (Phi) is 4.40. The van der Waals surface area contributed by atoms with Crippen LogP contribution in [0.25, 0.3) is 11.3 Å². The second-order valence-corrected chi connectivity index (χ2v) is 7.73. The van der Waals surface area contributed by atoms with Gasteiger partial charge in [0.1, 0.15) is 0 Å². The summed E-state index contributed by atoms with van der Waals surface area (Å²) in [6.45, 7) is 0.805. The molecule has 3 heterocycles. The van der Waals surface area contributed by atoms with E-state index in [1.54, 1.807) is 6.20 Å². The highest BCUT2D eigenvalue weighted by Crippen LogP contribution is 2.39. The van der Waals surface area contributed by atoms with Crippen molar-refractivity contribution in [3.8, 4) is 11.3 Å². The minimum absolute atomic E-state index is 0.0507. The third kappa shape index (κ3) is 3.19. The third-order valence-corrected chi connectivity index (χ3v) is 5.77. The molecule has 0 saturated heterocycles. The summed E-state index contributed by atoms with van der Waals surface area (Å²) in [5.41, 5.74) is 5.60. The fraction of sp³-hybridized carbons (Fsp3) is 0.292. The SMILES string of the molecule is O=C(C1CC1)N1CCCc2ccccc2[C@@H]1c1ccnc(-c2cccnc2)c1. The number of carbonyl (C=O) groups excluding carboxylic acids is 1. The van der Waals surface area contributed by atoms with E-state index in [2.05, 4.69) is 51.3 Å². The van der Waals surface area contributed by atoms with Crippen molar-refractivity contribution in [2.45, 2.75) is 31.7 Å². The smallest absolute Gasteiger partial charge is 0.226 e. The first-order valence-electron chi connectivity index (χ1n) is 10.1. The highest BCUT2D eigenvalue weighted by Gasteiger charge is 2.38. The first-order valence-corrected chi connectivity index (χ1v) is 10.1. The zero-order valence-corrected chi connectivity index (χ0v) is 15.8. The van der Waals surface area contributed by atoms with Gasteiger partial charge in [-0.25, -0.2) is 0 Å². The zero-order valence-electron chi connectivity index (χ0n) is 15.8. The van der Waals surface area contributed by atoms with Gasteiger partial charge < -0.3 is 4.90 Å². The number of fused-ring (bicyclic) bond motifs is 1. The van der Waals surface area contributed by atoms with Gasteiger partial charge in [0.05, 0.1) is 11.7 Å². The summed E-state index contributed by atoms with van der Waals surface area (Å²) in [5.74, 6) is 0.522. The number of rotatable bonds is 3. The van der Waals surface area contributed by atoms with Crippen molar-refractivity contribution >= 4 is 5.91 Å². The Bertz CT molecular complexity index is 997. The predicted molar refractivity (Wildman–Crippen MR) is 109 cm³/mol. The Morgan fingerprint density at radius 1 is 1.04 bits per heavy atom. The Labute approximate surface area is 165 Å². The number of aryl methyl sites for hydroxylation is 1. The van der Waals surface area contributed by atoms with Crippen LogP contribution in [0.3, 0.4) is 0 Å². The lowest BCUT2D eigenvalue weighted by atomic mass is 9.92. The van der Waals surface area contributed by atoms with Crippen molar-refractivity contribution in [1.29, 1.82) is 0 Å². The van der Waals surface area contributed by atoms with Crippen LogP contribution in [0, 0.1) is 5.92 Å². The van der Waals surface area contributed by atoms with Crippen molar-refractivity contribution in [3.05, 3.63) is 83.8 Å². The lowest BCUT2D eigenvalue weighted by molar-refractivity contribution is -0.134. The van der Waals surface area contributed by atoms with Crippen LogP contribution in [-0.2, 0) is 11.2 Å². The van der Waals surface area contributed by atoms with Crippen LogP contribution in [0.15, 0.2) is 67.1 Å². The van der Waals surface area contributed by atoms with Crippen LogP contribution < -0.4 is 0 Å². The molecule has 0 radical (unpaired) electrons. The van der Waals surface area contributed by atoms with E-state index in [1.165, 1.54) is 11.1 Å². The number of nitrogens with zero attached hydrogens (tertiary/aromatic N) is 3. The van der Waals surface area contributed by atoms with E-state index in [1.807, 2.05) is 24.5 Å². The van der Waals surface area contributed by atoms with Gasteiger partial charge in [-0.05, 0) is 66.6 Å². The van der Waals surface area contributed by atoms with E-state index in [0.717, 1.165) is 49.0 Å². The average molecular weight is 369 g/mol. The van der Waals surface area contributed by atoms with Gasteiger partial charge in [-0.1, -0.05) is 24.3 Å². The van der Waals surface area contributed by atoms with Gasteiger partial charge in [-0.3, -0.25) is 14.8 Å². The van der Waals surface area contributed by atoms with E-state index in [4.69, 9.17) is 0 Å². The number of pyridine rings is 2. The molecule has 2 aromatic heterocycles. The van der Waals surface area contributed by atoms with Crippen LogP contribution in [0.2, 0.25) is 0 Å². The summed E-state index contributed by atoms with van der Waals surface area (Å²) in [6, 6.07) is 16.6. The number of hydrogen-bond donors (Lipinski definition) is 0. The fourth-order valence-corrected chi connectivity index (χ4v) is 4.22. The molecule has 1 atom stereocenters. The third-order valence-electron chi connectivity index (χ3n) is 5.77. The first kappa shape index (κ1) is 17.1. The second-order valence-electron chi connectivity index (χ2n) is 7.73. The van der Waals surface area contributed by atoms with Crippen LogP contribution in [0.1, 0.15) is 42.0 Å². The van der Waals surface area contributed by atoms with E-state index < -0.39 is 0 Å². The standard InChI is InChI=1S/C24H23N3O/c28-24(18-9-10-18)27-14-4-7-17-5-1-2-8-21(17)23(27)19-11-13-26-22(15-19)20-6-3-12-25-16-20/h1-3,5-6,8,11-13,15-16,18,23H,4,7,9-10,14H2/t23-/m0/s1. The summed E-state index contributed by atoms with van der Waals surface area (Å²) in [5, 5.41) is 0. The summed E-state index contributed by atoms with van der Waals surface area (Å²) in [7, 11) is 0. The quantitative estimate of drug-likeness (QED) is 0.687. The molecule has 3 aromatic rings. The Hall–Kier alpha value is -3.01. The number of amides is 1. The van der Waals surface area contributed by atoms with Gasteiger partial charge in [0.15, 0.2) is 0 Å². The number of benzene rings is 1. The minimum Gasteiger partial charge on any atom is -0.331 e. The maximum atomic E-state index is 13.2. The van der Waals surface area contributed by atoms with Crippen molar-refractivity contribution in [2.75, 3.05) is 6.54 Å². The molecule has 4 heteroatoms. The highest BCUT2D eigenvalue weighted by molar-refractivity contribution is 5.82. The maximum Gasteiger partial charge on any atom is 0.226 e. The van der Waals surface area contributed by atoms with Crippen LogP contribution >= 0.6 is 0 Å². The van der Waals surface area contributed by atoms with Gasteiger partial charge in [0.25, 0.3) is 0 Å². The largest absolute Gasteiger partial charge is 0.331 e. The van der Waals surface area contributed by atoms with Gasteiger partial charge in [-0.15, -0.1) is 0 Å². The molecule has 0 spiro atoms. The molecule has 0 bridgehead atoms. The molecule has 1 amide bonds. The van der Waals surface area contributed by atoms with Gasteiger partial charge in [-0.2, -0.15) is 0 Å². The fourth-order valence-electron chi connectivity index (χ4n) is 4.22. The van der Waals surface area contributed by atoms with E-state index in [-0.39, 0.29) is 12.0 Å². The van der Waals surface area contributed by atoms with Crippen molar-refractivity contribution in [3.63, 3.8) is 0 Å². The lowest BCUT2D eigenvalue weighted by Gasteiger charge is -2.32. The first-order chi connectivity index (χ1) is 13.8. The van der Waals surface area contributed by atoms with Gasteiger partial charge >= 0.3 is 0 Å². The molecule has 1 aliphatic heterocycles. The maximum absolute atomic E-state index is 13.2. The molecule has 0 unspecified atom stereocenters. The molecule has 1 aliphatic carbocycles. The predicted octanol–water partition coefficient (Wildman–Crippen LogP) is 4.42. The second kappa shape index (κ2) is 7.19. The number of aromatic nitrogens is 2. The Balaban J connectivity index is 1.62. The average Bonchev–Trinajstić information content (AvgIpc) is 3.60. The molecule has 2 aliphatic rings. The molecule has 1 aromatic carbocycles. The van der Waals surface area contributed by atoms with Crippen LogP contribution in [0.4, 0.5) is 0 Å². The molecule has 0 N–H and O–H groups in total. The molecular weight excluding hydrogens is 346 g/mol. The molecule has 140 valence electrons. The van der Waals surface area contributed by atoms with Gasteiger partial charge in [0, 0.05) is 36.6 Å². The van der Waals surface area contributed by atoms with Crippen LogP contribution in [0.5, 0.6) is 0 Å². The lowest BCUT2D eigenvalue weighted by Crippen LogP contribution is -2.36. The molecule has 28 heavy (non-hydrogen) atoms. The normalized spacial score (nSPS) is 19.0. The van der Waals surface area contributed by atoms with Crippen LogP contribution in [-0.4, -0.2) is 27.3 Å². The van der Waals surface area contributed by atoms with E-state index in [0.29, 0.717) is 5.91 Å². The number of carbonyl (C=O) groups is 1. The summed E-state index contributed by atoms with van der Waals surface area (Å²) >= 11 is 0. The van der Waals surface area contributed by atoms with E-state index >= 15 is 0 Å². The number of hydrogen-bond acceptors (Lipinski definition) is 3. The van der Waals surface area contributed by atoms with Crippen molar-refractivity contribution < 1.29 is 4.79 Å². The summed E-state index contributed by atoms with van der Waals surface area (Å²) in [6.07, 6.45) is 9.53.